The van der Waals surface area contributed by atoms with Crippen LogP contribution in [-0.4, -0.2) is 20.7 Å². The zero-order valence-electron chi connectivity index (χ0n) is 7.66. The van der Waals surface area contributed by atoms with Crippen LogP contribution in [0.2, 0.25) is 0 Å². The number of alkyl halides is 2. The molecule has 1 aromatic rings. The zero-order chi connectivity index (χ0) is 10.2. The molecule has 2 N–H and O–H groups in total. The summed E-state index contributed by atoms with van der Waals surface area (Å²) in [5.41, 5.74) is 5.29. The van der Waals surface area contributed by atoms with E-state index in [4.69, 9.17) is 5.73 Å². The Bertz CT molecular complexity index is 323. The Morgan fingerprint density at radius 3 is 2.93 bits per heavy atom. The Labute approximate surface area is 80.1 Å². The third-order valence-corrected chi connectivity index (χ3v) is 2.62. The summed E-state index contributed by atoms with van der Waals surface area (Å²) in [6, 6.07) is 0. The number of rotatable bonds is 2. The minimum Gasteiger partial charge on any atom is -0.367 e. The van der Waals surface area contributed by atoms with Crippen molar-refractivity contribution in [2.75, 3.05) is 5.73 Å². The van der Waals surface area contributed by atoms with Crippen LogP contribution in [0.15, 0.2) is 6.33 Å². The van der Waals surface area contributed by atoms with Gasteiger partial charge in [-0.25, -0.2) is 13.8 Å². The van der Waals surface area contributed by atoms with E-state index in [1.807, 2.05) is 0 Å². The van der Waals surface area contributed by atoms with Gasteiger partial charge in [-0.3, -0.25) is 4.68 Å². The first-order valence-corrected chi connectivity index (χ1v) is 4.61. The minimum atomic E-state index is -2.55. The molecule has 0 aliphatic heterocycles. The first-order valence-electron chi connectivity index (χ1n) is 4.61. The van der Waals surface area contributed by atoms with Crippen LogP contribution >= 0.6 is 0 Å². The maximum Gasteiger partial charge on any atom is 0.252 e. The highest BCUT2D eigenvalue weighted by atomic mass is 19.3. The van der Waals surface area contributed by atoms with E-state index in [0.29, 0.717) is 12.8 Å². The predicted octanol–water partition coefficient (Wildman–Crippen LogP) is 1.30. The van der Waals surface area contributed by atoms with Gasteiger partial charge in [-0.05, 0) is 12.8 Å². The Morgan fingerprint density at radius 2 is 2.43 bits per heavy atom. The van der Waals surface area contributed by atoms with E-state index in [0.717, 1.165) is 0 Å². The van der Waals surface area contributed by atoms with Crippen molar-refractivity contribution in [2.24, 2.45) is 5.92 Å². The van der Waals surface area contributed by atoms with Gasteiger partial charge in [0.2, 0.25) is 5.95 Å². The van der Waals surface area contributed by atoms with Crippen molar-refractivity contribution >= 4 is 5.95 Å². The number of hydrogen-bond acceptors (Lipinski definition) is 3. The first-order chi connectivity index (χ1) is 6.58. The number of anilines is 1. The Morgan fingerprint density at radius 1 is 1.64 bits per heavy atom. The van der Waals surface area contributed by atoms with Crippen LogP contribution in [0.5, 0.6) is 0 Å². The number of halogens is 2. The van der Waals surface area contributed by atoms with Gasteiger partial charge in [0.05, 0.1) is 6.54 Å². The first kappa shape index (κ1) is 9.36. The molecule has 4 nitrogen and oxygen atoms in total. The zero-order valence-corrected chi connectivity index (χ0v) is 7.66. The van der Waals surface area contributed by atoms with Gasteiger partial charge >= 0.3 is 0 Å². The number of nitrogens with zero attached hydrogens (tertiary/aromatic N) is 3. The van der Waals surface area contributed by atoms with E-state index in [1.165, 1.54) is 11.0 Å². The van der Waals surface area contributed by atoms with E-state index in [1.54, 1.807) is 0 Å². The highest BCUT2D eigenvalue weighted by molar-refractivity contribution is 5.09. The minimum absolute atomic E-state index is 0.0121. The quantitative estimate of drug-likeness (QED) is 0.786. The van der Waals surface area contributed by atoms with E-state index >= 15 is 0 Å². The van der Waals surface area contributed by atoms with E-state index < -0.39 is 11.8 Å². The molecule has 1 fully saturated rings. The molecule has 1 heterocycles. The molecule has 1 saturated carbocycles. The highest BCUT2D eigenvalue weighted by Crippen LogP contribution is 2.40. The molecule has 2 rings (SSSR count). The molecule has 1 aromatic heterocycles. The molecule has 0 aromatic carbocycles. The topological polar surface area (TPSA) is 56.7 Å². The average Bonchev–Trinajstić information content (AvgIpc) is 2.61. The maximum absolute atomic E-state index is 13.2. The van der Waals surface area contributed by atoms with Gasteiger partial charge in [-0.15, -0.1) is 5.10 Å². The van der Waals surface area contributed by atoms with Crippen LogP contribution in [0.25, 0.3) is 0 Å². The SMILES string of the molecule is Nc1ncn(CC2CCCC2(F)F)n1. The summed E-state index contributed by atoms with van der Waals surface area (Å²) in [7, 11) is 0. The molecular formula is C8H12F2N4. The number of aromatic nitrogens is 3. The van der Waals surface area contributed by atoms with E-state index in [2.05, 4.69) is 10.1 Å². The second kappa shape index (κ2) is 3.18. The third-order valence-electron chi connectivity index (χ3n) is 2.62. The lowest BCUT2D eigenvalue weighted by atomic mass is 10.1. The average molecular weight is 202 g/mol. The summed E-state index contributed by atoms with van der Waals surface area (Å²) in [6.07, 6.45) is 2.51. The van der Waals surface area contributed by atoms with Crippen molar-refractivity contribution in [2.45, 2.75) is 31.7 Å². The summed E-state index contributed by atoms with van der Waals surface area (Å²) in [6.45, 7) is 0.206. The molecule has 6 heteroatoms. The molecule has 1 aliphatic rings. The van der Waals surface area contributed by atoms with Gasteiger partial charge in [0.25, 0.3) is 5.92 Å². The fourth-order valence-corrected chi connectivity index (χ4v) is 1.85. The second-order valence-electron chi connectivity index (χ2n) is 3.67. The monoisotopic (exact) mass is 202 g/mol. The predicted molar refractivity (Wildman–Crippen MR) is 46.7 cm³/mol. The number of nitrogens with two attached hydrogens (primary N) is 1. The molecule has 0 bridgehead atoms. The summed E-state index contributed by atoms with van der Waals surface area (Å²) in [4.78, 5) is 3.69. The number of nitrogen functional groups attached to an aromatic ring is 1. The fourth-order valence-electron chi connectivity index (χ4n) is 1.85. The molecule has 78 valence electrons. The van der Waals surface area contributed by atoms with Crippen LogP contribution in [0.1, 0.15) is 19.3 Å². The van der Waals surface area contributed by atoms with Gasteiger partial charge in [-0.2, -0.15) is 0 Å². The van der Waals surface area contributed by atoms with Crippen molar-refractivity contribution < 1.29 is 8.78 Å². The van der Waals surface area contributed by atoms with Gasteiger partial charge in [0, 0.05) is 12.3 Å². The molecule has 14 heavy (non-hydrogen) atoms. The van der Waals surface area contributed by atoms with Crippen molar-refractivity contribution in [3.05, 3.63) is 6.33 Å². The van der Waals surface area contributed by atoms with Crippen LogP contribution in [0.4, 0.5) is 14.7 Å². The number of hydrogen-bond donors (Lipinski definition) is 1. The lowest BCUT2D eigenvalue weighted by Gasteiger charge is -2.18. The molecule has 1 aliphatic carbocycles. The normalized spacial score (nSPS) is 25.4. The van der Waals surface area contributed by atoms with Gasteiger partial charge in [0.15, 0.2) is 0 Å². The van der Waals surface area contributed by atoms with Gasteiger partial charge < -0.3 is 5.73 Å². The van der Waals surface area contributed by atoms with Crippen LogP contribution in [-0.2, 0) is 6.54 Å². The lowest BCUT2D eigenvalue weighted by Crippen LogP contribution is -2.26. The van der Waals surface area contributed by atoms with Crippen molar-refractivity contribution in [1.29, 1.82) is 0 Å². The molecule has 1 unspecified atom stereocenters. The van der Waals surface area contributed by atoms with Crippen LogP contribution < -0.4 is 5.73 Å². The molecule has 0 radical (unpaired) electrons. The summed E-state index contributed by atoms with van der Waals surface area (Å²) in [5.74, 6) is -3.05. The second-order valence-corrected chi connectivity index (χ2v) is 3.67. The van der Waals surface area contributed by atoms with Crippen molar-refractivity contribution in [3.63, 3.8) is 0 Å². The molecule has 1 atom stereocenters. The van der Waals surface area contributed by atoms with Gasteiger partial charge in [-0.1, -0.05) is 0 Å². The van der Waals surface area contributed by atoms with E-state index in [9.17, 15) is 8.78 Å². The molecular weight excluding hydrogens is 190 g/mol. The molecule has 0 spiro atoms. The summed E-state index contributed by atoms with van der Waals surface area (Å²) in [5, 5.41) is 3.79. The standard InChI is InChI=1S/C8H12F2N4/c9-8(10)3-1-2-6(8)4-14-5-12-7(11)13-14/h5-6H,1-4H2,(H2,11,13). The highest BCUT2D eigenvalue weighted by Gasteiger charge is 2.43. The van der Waals surface area contributed by atoms with Crippen LogP contribution in [0, 0.1) is 5.92 Å². The third kappa shape index (κ3) is 1.69. The van der Waals surface area contributed by atoms with Crippen LogP contribution in [0.3, 0.4) is 0 Å². The maximum atomic E-state index is 13.2. The Kier molecular flexibility index (Phi) is 2.13. The summed E-state index contributed by atoms with van der Waals surface area (Å²) < 4.78 is 27.8. The van der Waals surface area contributed by atoms with Gasteiger partial charge in [0.1, 0.15) is 6.33 Å². The largest absolute Gasteiger partial charge is 0.367 e. The van der Waals surface area contributed by atoms with E-state index in [-0.39, 0.29) is 18.9 Å². The molecule has 0 saturated heterocycles. The Hall–Kier alpha value is -1.20. The summed E-state index contributed by atoms with van der Waals surface area (Å²) >= 11 is 0. The van der Waals surface area contributed by atoms with Crippen molar-refractivity contribution in [1.82, 2.24) is 14.8 Å². The lowest BCUT2D eigenvalue weighted by molar-refractivity contribution is -0.0433. The van der Waals surface area contributed by atoms with Crippen molar-refractivity contribution in [3.8, 4) is 0 Å². The molecule has 0 amide bonds. The fraction of sp³-hybridized carbons (Fsp3) is 0.750. The smallest absolute Gasteiger partial charge is 0.252 e. The Balaban J connectivity index is 2.04.